The lowest BCUT2D eigenvalue weighted by Gasteiger charge is -1.97. The molecule has 0 aliphatic carbocycles. The standard InChI is InChI=1S/C7H8FNS/c8-6-1-5(4-9)2-7(10)3-6/h1-3,10H,4,9H2. The summed E-state index contributed by atoms with van der Waals surface area (Å²) in [5.74, 6) is -0.284. The minimum atomic E-state index is -0.284. The summed E-state index contributed by atoms with van der Waals surface area (Å²) in [7, 11) is 0. The number of nitrogens with two attached hydrogens (primary N) is 1. The molecule has 1 aromatic rings. The molecule has 0 saturated carbocycles. The largest absolute Gasteiger partial charge is 0.326 e. The summed E-state index contributed by atoms with van der Waals surface area (Å²) in [5.41, 5.74) is 6.06. The van der Waals surface area contributed by atoms with Gasteiger partial charge in [-0.3, -0.25) is 0 Å². The van der Waals surface area contributed by atoms with Gasteiger partial charge in [0.1, 0.15) is 5.82 Å². The lowest BCUT2D eigenvalue weighted by Crippen LogP contribution is -1.96. The van der Waals surface area contributed by atoms with Crippen LogP contribution in [0.1, 0.15) is 5.56 Å². The van der Waals surface area contributed by atoms with E-state index >= 15 is 0 Å². The third-order valence-corrected chi connectivity index (χ3v) is 1.44. The first-order chi connectivity index (χ1) is 4.72. The van der Waals surface area contributed by atoms with E-state index in [4.69, 9.17) is 5.73 Å². The van der Waals surface area contributed by atoms with Crippen molar-refractivity contribution in [1.29, 1.82) is 0 Å². The average Bonchev–Trinajstić information content (AvgIpc) is 1.85. The molecule has 0 spiro atoms. The van der Waals surface area contributed by atoms with Gasteiger partial charge in [-0.15, -0.1) is 12.6 Å². The first-order valence-corrected chi connectivity index (χ1v) is 3.35. The van der Waals surface area contributed by atoms with Crippen LogP contribution in [0.3, 0.4) is 0 Å². The number of thiol groups is 1. The molecule has 10 heavy (non-hydrogen) atoms. The van der Waals surface area contributed by atoms with Gasteiger partial charge in [-0.1, -0.05) is 0 Å². The molecule has 0 amide bonds. The molecule has 0 saturated heterocycles. The van der Waals surface area contributed by atoms with E-state index in [-0.39, 0.29) is 5.82 Å². The molecule has 0 aliphatic rings. The highest BCUT2D eigenvalue weighted by molar-refractivity contribution is 7.80. The van der Waals surface area contributed by atoms with Crippen molar-refractivity contribution in [3.63, 3.8) is 0 Å². The van der Waals surface area contributed by atoms with E-state index in [0.717, 1.165) is 5.56 Å². The second kappa shape index (κ2) is 3.03. The molecular weight excluding hydrogens is 149 g/mol. The first-order valence-electron chi connectivity index (χ1n) is 2.91. The normalized spacial score (nSPS) is 9.90. The molecule has 0 aromatic heterocycles. The average molecular weight is 157 g/mol. The summed E-state index contributed by atoms with van der Waals surface area (Å²) >= 11 is 3.98. The van der Waals surface area contributed by atoms with E-state index in [9.17, 15) is 4.39 Å². The maximum absolute atomic E-state index is 12.5. The van der Waals surface area contributed by atoms with Crippen LogP contribution >= 0.6 is 12.6 Å². The number of rotatable bonds is 1. The predicted molar refractivity (Wildman–Crippen MR) is 41.5 cm³/mol. The highest BCUT2D eigenvalue weighted by Crippen LogP contribution is 2.11. The van der Waals surface area contributed by atoms with Gasteiger partial charge in [0.25, 0.3) is 0 Å². The summed E-state index contributed by atoms with van der Waals surface area (Å²) < 4.78 is 12.5. The summed E-state index contributed by atoms with van der Waals surface area (Å²) in [5, 5.41) is 0. The van der Waals surface area contributed by atoms with Crippen LogP contribution in [0.2, 0.25) is 0 Å². The number of benzene rings is 1. The Bertz CT molecular complexity index is 217. The smallest absolute Gasteiger partial charge is 0.124 e. The van der Waals surface area contributed by atoms with Gasteiger partial charge in [-0.2, -0.15) is 0 Å². The molecule has 2 N–H and O–H groups in total. The van der Waals surface area contributed by atoms with Crippen LogP contribution in [0.5, 0.6) is 0 Å². The molecule has 1 nitrogen and oxygen atoms in total. The zero-order chi connectivity index (χ0) is 7.56. The van der Waals surface area contributed by atoms with Crippen LogP contribution in [0.25, 0.3) is 0 Å². The van der Waals surface area contributed by atoms with Crippen LogP contribution in [0.4, 0.5) is 4.39 Å². The van der Waals surface area contributed by atoms with E-state index in [1.54, 1.807) is 6.07 Å². The minimum absolute atomic E-state index is 0.284. The van der Waals surface area contributed by atoms with Crippen molar-refractivity contribution in [2.24, 2.45) is 5.73 Å². The summed E-state index contributed by atoms with van der Waals surface area (Å²) in [6, 6.07) is 4.49. The van der Waals surface area contributed by atoms with Gasteiger partial charge in [0.05, 0.1) is 0 Å². The van der Waals surface area contributed by atoms with Gasteiger partial charge in [0.2, 0.25) is 0 Å². The zero-order valence-corrected chi connectivity index (χ0v) is 6.24. The highest BCUT2D eigenvalue weighted by atomic mass is 32.1. The third kappa shape index (κ3) is 1.72. The first kappa shape index (κ1) is 7.57. The lowest BCUT2D eigenvalue weighted by molar-refractivity contribution is 0.621. The number of halogens is 1. The summed E-state index contributed by atoms with van der Waals surface area (Å²) in [6.07, 6.45) is 0. The monoisotopic (exact) mass is 157 g/mol. The van der Waals surface area contributed by atoms with E-state index in [2.05, 4.69) is 12.6 Å². The van der Waals surface area contributed by atoms with Crippen molar-refractivity contribution in [1.82, 2.24) is 0 Å². The van der Waals surface area contributed by atoms with Crippen molar-refractivity contribution in [2.75, 3.05) is 0 Å². The van der Waals surface area contributed by atoms with Gasteiger partial charge in [-0.05, 0) is 23.8 Å². The molecule has 1 rings (SSSR count). The molecule has 1 aromatic carbocycles. The third-order valence-electron chi connectivity index (χ3n) is 1.18. The van der Waals surface area contributed by atoms with E-state index in [0.29, 0.717) is 11.4 Å². The number of hydrogen-bond donors (Lipinski definition) is 2. The molecule has 0 unspecified atom stereocenters. The van der Waals surface area contributed by atoms with Crippen molar-refractivity contribution >= 4 is 12.6 Å². The molecular formula is C7H8FNS. The Balaban J connectivity index is 3.06. The summed E-state index contributed by atoms with van der Waals surface area (Å²) in [6.45, 7) is 0.352. The maximum Gasteiger partial charge on any atom is 0.124 e. The van der Waals surface area contributed by atoms with Crippen LogP contribution in [-0.4, -0.2) is 0 Å². The van der Waals surface area contributed by atoms with E-state index in [1.165, 1.54) is 12.1 Å². The molecule has 0 fully saturated rings. The van der Waals surface area contributed by atoms with E-state index < -0.39 is 0 Å². The Kier molecular flexibility index (Phi) is 2.29. The Hall–Kier alpha value is -0.540. The van der Waals surface area contributed by atoms with Gasteiger partial charge >= 0.3 is 0 Å². The van der Waals surface area contributed by atoms with Crippen molar-refractivity contribution in [3.05, 3.63) is 29.6 Å². The SMILES string of the molecule is NCc1cc(F)cc(S)c1. The molecule has 0 radical (unpaired) electrons. The van der Waals surface area contributed by atoms with Crippen molar-refractivity contribution in [2.45, 2.75) is 11.4 Å². The number of hydrogen-bond acceptors (Lipinski definition) is 2. The fourth-order valence-electron chi connectivity index (χ4n) is 0.751. The second-order valence-corrected chi connectivity index (χ2v) is 2.54. The quantitative estimate of drug-likeness (QED) is 0.595. The zero-order valence-electron chi connectivity index (χ0n) is 5.34. The Morgan fingerprint density at radius 2 is 2.10 bits per heavy atom. The van der Waals surface area contributed by atoms with Crippen molar-refractivity contribution in [3.8, 4) is 0 Å². The minimum Gasteiger partial charge on any atom is -0.326 e. The fourth-order valence-corrected chi connectivity index (χ4v) is 1.04. The maximum atomic E-state index is 12.5. The van der Waals surface area contributed by atoms with Gasteiger partial charge in [0, 0.05) is 11.4 Å². The Morgan fingerprint density at radius 3 is 2.60 bits per heavy atom. The lowest BCUT2D eigenvalue weighted by atomic mass is 10.2. The molecule has 3 heteroatoms. The topological polar surface area (TPSA) is 26.0 Å². The van der Waals surface area contributed by atoms with Crippen LogP contribution < -0.4 is 5.73 Å². The fraction of sp³-hybridized carbons (Fsp3) is 0.143. The van der Waals surface area contributed by atoms with Gasteiger partial charge in [-0.25, -0.2) is 4.39 Å². The van der Waals surface area contributed by atoms with Crippen LogP contribution in [0, 0.1) is 5.82 Å². The Labute approximate surface area is 64.5 Å². The summed E-state index contributed by atoms with van der Waals surface area (Å²) in [4.78, 5) is 0.612. The van der Waals surface area contributed by atoms with Gasteiger partial charge < -0.3 is 5.73 Å². The predicted octanol–water partition coefficient (Wildman–Crippen LogP) is 1.57. The highest BCUT2D eigenvalue weighted by Gasteiger charge is 1.94. The van der Waals surface area contributed by atoms with Crippen LogP contribution in [-0.2, 0) is 6.54 Å². The Morgan fingerprint density at radius 1 is 1.40 bits per heavy atom. The van der Waals surface area contributed by atoms with Gasteiger partial charge in [0.15, 0.2) is 0 Å². The van der Waals surface area contributed by atoms with Crippen molar-refractivity contribution < 1.29 is 4.39 Å². The molecule has 54 valence electrons. The molecule has 0 aliphatic heterocycles. The second-order valence-electron chi connectivity index (χ2n) is 2.02. The van der Waals surface area contributed by atoms with E-state index in [1.807, 2.05) is 0 Å². The molecule has 0 heterocycles. The molecule has 0 bridgehead atoms. The molecule has 0 atom stereocenters. The van der Waals surface area contributed by atoms with Crippen LogP contribution in [0.15, 0.2) is 23.1 Å².